The monoisotopic (exact) mass is 423 g/mol. The minimum absolute atomic E-state index is 0.140. The Morgan fingerprint density at radius 3 is 2.81 bits per heavy atom. The van der Waals surface area contributed by atoms with Crippen LogP contribution in [0, 0.1) is 5.82 Å². The van der Waals surface area contributed by atoms with Crippen molar-refractivity contribution in [2.24, 2.45) is 0 Å². The molecule has 1 saturated heterocycles. The van der Waals surface area contributed by atoms with Crippen LogP contribution in [-0.2, 0) is 22.5 Å². The predicted molar refractivity (Wildman–Crippen MR) is 121 cm³/mol. The Balaban J connectivity index is 1.46. The molecule has 0 saturated carbocycles. The zero-order valence-corrected chi connectivity index (χ0v) is 18.0. The van der Waals surface area contributed by atoms with Crippen LogP contribution in [0.5, 0.6) is 0 Å². The first kappa shape index (κ1) is 22.8. The van der Waals surface area contributed by atoms with Crippen molar-refractivity contribution in [1.29, 1.82) is 0 Å². The van der Waals surface area contributed by atoms with Gasteiger partial charge in [-0.1, -0.05) is 36.4 Å². The number of allylic oxidation sites excluding steroid dienone is 3. The van der Waals surface area contributed by atoms with Gasteiger partial charge in [0.1, 0.15) is 5.82 Å². The van der Waals surface area contributed by atoms with E-state index in [0.29, 0.717) is 12.2 Å². The molecule has 2 heterocycles. The van der Waals surface area contributed by atoms with Gasteiger partial charge in [-0.3, -0.25) is 14.7 Å². The fraction of sp³-hybridized carbons (Fsp3) is 0.360. The zero-order chi connectivity index (χ0) is 21.9. The average Bonchev–Trinajstić information content (AvgIpc) is 2.79. The van der Waals surface area contributed by atoms with E-state index in [1.54, 1.807) is 18.3 Å². The van der Waals surface area contributed by atoms with E-state index in [-0.39, 0.29) is 18.1 Å². The van der Waals surface area contributed by atoms with Gasteiger partial charge in [0.15, 0.2) is 0 Å². The van der Waals surface area contributed by atoms with Gasteiger partial charge < -0.3 is 10.1 Å². The third-order valence-corrected chi connectivity index (χ3v) is 5.20. The number of nitrogens with zero attached hydrogens (tertiary/aromatic N) is 2. The Morgan fingerprint density at radius 1 is 1.26 bits per heavy atom. The van der Waals surface area contributed by atoms with Gasteiger partial charge in [-0.15, -0.1) is 0 Å². The summed E-state index contributed by atoms with van der Waals surface area (Å²) in [5.74, 6) is -0.447. The van der Waals surface area contributed by atoms with Gasteiger partial charge in [-0.05, 0) is 48.2 Å². The lowest BCUT2D eigenvalue weighted by molar-refractivity contribution is -0.120. The first-order valence-electron chi connectivity index (χ1n) is 10.7. The molecule has 5 nitrogen and oxygen atoms in total. The van der Waals surface area contributed by atoms with Crippen molar-refractivity contribution < 1.29 is 13.9 Å². The van der Waals surface area contributed by atoms with Crippen molar-refractivity contribution in [3.63, 3.8) is 0 Å². The van der Waals surface area contributed by atoms with Crippen LogP contribution in [0.15, 0.2) is 60.8 Å². The summed E-state index contributed by atoms with van der Waals surface area (Å²) < 4.78 is 18.6. The maximum Gasteiger partial charge on any atom is 0.226 e. The van der Waals surface area contributed by atoms with Crippen molar-refractivity contribution in [3.8, 4) is 0 Å². The Labute approximate surface area is 183 Å². The summed E-state index contributed by atoms with van der Waals surface area (Å²) in [5, 5.41) is 2.80. The number of carbonyl (C=O) groups is 1. The lowest BCUT2D eigenvalue weighted by atomic mass is 10.1. The summed E-state index contributed by atoms with van der Waals surface area (Å²) >= 11 is 0. The molecule has 0 bridgehead atoms. The molecular formula is C25H30FN3O2. The molecule has 164 valence electrons. The van der Waals surface area contributed by atoms with Crippen LogP contribution < -0.4 is 5.32 Å². The van der Waals surface area contributed by atoms with Gasteiger partial charge >= 0.3 is 0 Å². The zero-order valence-electron chi connectivity index (χ0n) is 18.0. The summed E-state index contributed by atoms with van der Waals surface area (Å²) in [5.41, 5.74) is 3.56. The van der Waals surface area contributed by atoms with Crippen LogP contribution in [0.1, 0.15) is 30.2 Å². The van der Waals surface area contributed by atoms with E-state index in [0.717, 1.165) is 56.0 Å². The van der Waals surface area contributed by atoms with Crippen LogP contribution in [0.25, 0.3) is 5.57 Å². The maximum atomic E-state index is 13.2. The van der Waals surface area contributed by atoms with Crippen LogP contribution in [0.2, 0.25) is 0 Å². The number of pyridine rings is 1. The molecule has 0 atom stereocenters. The van der Waals surface area contributed by atoms with Crippen LogP contribution >= 0.6 is 0 Å². The van der Waals surface area contributed by atoms with E-state index in [1.165, 1.54) is 12.1 Å². The minimum Gasteiger partial charge on any atom is -0.379 e. The van der Waals surface area contributed by atoms with E-state index in [9.17, 15) is 9.18 Å². The standard InChI is InChI=1S/C25H30FN3O2/c1-2-21(7-3-4-11-29-12-14-31-15-13-29)22-9-10-24(27-19-22)17-25(30)28-18-20-6-5-8-23(26)16-20/h2-3,5-10,16,19H,4,11-15,17-18H2,1H3,(H,28,30)/b7-3-,21-2+. The quantitative estimate of drug-likeness (QED) is 0.624. The molecule has 6 heteroatoms. The number of nitrogens with one attached hydrogen (secondary N) is 1. The second-order valence-electron chi connectivity index (χ2n) is 7.51. The Hall–Kier alpha value is -2.83. The van der Waals surface area contributed by atoms with Gasteiger partial charge in [-0.25, -0.2) is 4.39 Å². The fourth-order valence-electron chi connectivity index (χ4n) is 3.43. The van der Waals surface area contributed by atoms with Crippen molar-refractivity contribution in [1.82, 2.24) is 15.2 Å². The molecule has 1 N–H and O–H groups in total. The molecule has 2 aromatic rings. The number of amides is 1. The number of hydrogen-bond acceptors (Lipinski definition) is 4. The summed E-state index contributed by atoms with van der Waals surface area (Å²) in [4.78, 5) is 19.0. The maximum absolute atomic E-state index is 13.2. The SMILES string of the molecule is C/C=C(\C=C/CCN1CCOCC1)c1ccc(CC(=O)NCc2cccc(F)c2)nc1. The second-order valence-corrected chi connectivity index (χ2v) is 7.51. The summed E-state index contributed by atoms with van der Waals surface area (Å²) in [7, 11) is 0. The highest BCUT2D eigenvalue weighted by molar-refractivity contribution is 5.78. The molecule has 1 fully saturated rings. The van der Waals surface area contributed by atoms with E-state index < -0.39 is 0 Å². The molecule has 3 rings (SSSR count). The first-order chi connectivity index (χ1) is 15.1. The number of aromatic nitrogens is 1. The molecule has 1 aliphatic rings. The second kappa shape index (κ2) is 12.1. The van der Waals surface area contributed by atoms with E-state index >= 15 is 0 Å². The average molecular weight is 424 g/mol. The van der Waals surface area contributed by atoms with Crippen LogP contribution in [-0.4, -0.2) is 48.6 Å². The number of carbonyl (C=O) groups excluding carboxylic acids is 1. The molecule has 31 heavy (non-hydrogen) atoms. The number of halogens is 1. The molecule has 0 spiro atoms. The largest absolute Gasteiger partial charge is 0.379 e. The Morgan fingerprint density at radius 2 is 2.10 bits per heavy atom. The van der Waals surface area contributed by atoms with Gasteiger partial charge in [0.25, 0.3) is 0 Å². The molecule has 0 radical (unpaired) electrons. The minimum atomic E-state index is -0.307. The number of benzene rings is 1. The van der Waals surface area contributed by atoms with Crippen molar-refractivity contribution >= 4 is 11.5 Å². The van der Waals surface area contributed by atoms with Crippen molar-refractivity contribution in [3.05, 3.63) is 83.5 Å². The van der Waals surface area contributed by atoms with Gasteiger partial charge in [0, 0.05) is 38.1 Å². The predicted octanol–water partition coefficient (Wildman–Crippen LogP) is 3.76. The topological polar surface area (TPSA) is 54.5 Å². The Bertz CT molecular complexity index is 903. The number of hydrogen-bond donors (Lipinski definition) is 1. The molecule has 0 aliphatic carbocycles. The molecule has 0 unspecified atom stereocenters. The summed E-state index contributed by atoms with van der Waals surface area (Å²) in [6.07, 6.45) is 9.37. The van der Waals surface area contributed by atoms with E-state index in [1.807, 2.05) is 19.1 Å². The van der Waals surface area contributed by atoms with Crippen molar-refractivity contribution in [2.45, 2.75) is 26.3 Å². The molecule has 1 amide bonds. The number of ether oxygens (including phenoxy) is 1. The van der Waals surface area contributed by atoms with E-state index in [4.69, 9.17) is 4.74 Å². The smallest absolute Gasteiger partial charge is 0.226 e. The third kappa shape index (κ3) is 7.74. The van der Waals surface area contributed by atoms with E-state index in [2.05, 4.69) is 33.4 Å². The van der Waals surface area contributed by atoms with Gasteiger partial charge in [0.2, 0.25) is 5.91 Å². The van der Waals surface area contributed by atoms with Gasteiger partial charge in [-0.2, -0.15) is 0 Å². The number of morpholine rings is 1. The lowest BCUT2D eigenvalue weighted by Crippen LogP contribution is -2.36. The van der Waals surface area contributed by atoms with Crippen molar-refractivity contribution in [2.75, 3.05) is 32.8 Å². The third-order valence-electron chi connectivity index (χ3n) is 5.20. The summed E-state index contributed by atoms with van der Waals surface area (Å²) in [6, 6.07) is 10.1. The highest BCUT2D eigenvalue weighted by atomic mass is 19.1. The Kier molecular flexibility index (Phi) is 8.94. The first-order valence-corrected chi connectivity index (χ1v) is 10.7. The van der Waals surface area contributed by atoms with Crippen LogP contribution in [0.3, 0.4) is 0 Å². The highest BCUT2D eigenvalue weighted by Crippen LogP contribution is 2.16. The fourth-order valence-corrected chi connectivity index (χ4v) is 3.43. The molecule has 1 aliphatic heterocycles. The number of rotatable bonds is 9. The summed E-state index contributed by atoms with van der Waals surface area (Å²) in [6.45, 7) is 7.01. The highest BCUT2D eigenvalue weighted by Gasteiger charge is 2.09. The van der Waals surface area contributed by atoms with Gasteiger partial charge in [0.05, 0.1) is 19.6 Å². The molecule has 1 aromatic heterocycles. The van der Waals surface area contributed by atoms with Crippen LogP contribution in [0.4, 0.5) is 4.39 Å². The lowest BCUT2D eigenvalue weighted by Gasteiger charge is -2.25. The normalized spacial score (nSPS) is 15.4. The molecular weight excluding hydrogens is 393 g/mol. The molecule has 1 aromatic carbocycles.